The number of halogens is 1. The Kier molecular flexibility index (Phi) is 7.78. The van der Waals surface area contributed by atoms with Crippen molar-refractivity contribution >= 4 is 46.2 Å². The predicted octanol–water partition coefficient (Wildman–Crippen LogP) is 3.33. The number of morpholine rings is 1. The molecule has 0 aromatic heterocycles. The number of benzene rings is 2. The molecule has 1 saturated heterocycles. The smallest absolute Gasteiger partial charge is 0.257 e. The van der Waals surface area contributed by atoms with E-state index in [4.69, 9.17) is 42.8 Å². The van der Waals surface area contributed by atoms with Crippen LogP contribution in [0.4, 0.5) is 11.4 Å². The highest BCUT2D eigenvalue weighted by atomic mass is 35.5. The van der Waals surface area contributed by atoms with E-state index in [1.54, 1.807) is 18.2 Å². The first-order valence-electron chi connectivity index (χ1n) is 9.51. The van der Waals surface area contributed by atoms with Crippen molar-refractivity contribution in [3.8, 4) is 17.2 Å². The number of nitrogens with one attached hydrogen (secondary N) is 2. The minimum Gasteiger partial charge on any atom is -0.493 e. The zero-order valence-corrected chi connectivity index (χ0v) is 19.1. The maximum atomic E-state index is 12.8. The van der Waals surface area contributed by atoms with Gasteiger partial charge in [-0.1, -0.05) is 11.6 Å². The molecule has 0 aliphatic carbocycles. The number of carbonyl (C=O) groups excluding carboxylic acids is 1. The van der Waals surface area contributed by atoms with Gasteiger partial charge in [0.05, 0.1) is 45.9 Å². The van der Waals surface area contributed by atoms with Gasteiger partial charge in [0.25, 0.3) is 5.91 Å². The third-order valence-corrected chi connectivity index (χ3v) is 5.15. The van der Waals surface area contributed by atoms with Gasteiger partial charge in [0.15, 0.2) is 16.6 Å². The molecule has 1 aliphatic heterocycles. The van der Waals surface area contributed by atoms with Crippen LogP contribution in [-0.2, 0) is 4.74 Å². The van der Waals surface area contributed by atoms with Crippen LogP contribution in [-0.4, -0.2) is 58.7 Å². The van der Waals surface area contributed by atoms with Crippen LogP contribution in [0.2, 0.25) is 5.02 Å². The van der Waals surface area contributed by atoms with E-state index >= 15 is 0 Å². The lowest BCUT2D eigenvalue weighted by molar-refractivity contribution is 0.0977. The quantitative estimate of drug-likeness (QED) is 0.629. The lowest BCUT2D eigenvalue weighted by Crippen LogP contribution is -2.38. The van der Waals surface area contributed by atoms with Crippen molar-refractivity contribution in [2.45, 2.75) is 0 Å². The van der Waals surface area contributed by atoms with Gasteiger partial charge in [-0.15, -0.1) is 0 Å². The summed E-state index contributed by atoms with van der Waals surface area (Å²) >= 11 is 11.6. The Morgan fingerprint density at radius 2 is 1.71 bits per heavy atom. The fourth-order valence-corrected chi connectivity index (χ4v) is 3.60. The van der Waals surface area contributed by atoms with Crippen molar-refractivity contribution < 1.29 is 23.7 Å². The predicted molar refractivity (Wildman–Crippen MR) is 124 cm³/mol. The highest BCUT2D eigenvalue weighted by Crippen LogP contribution is 2.38. The van der Waals surface area contributed by atoms with Crippen molar-refractivity contribution in [3.63, 3.8) is 0 Å². The summed E-state index contributed by atoms with van der Waals surface area (Å²) in [5, 5.41) is 6.44. The lowest BCUT2D eigenvalue weighted by atomic mass is 10.1. The van der Waals surface area contributed by atoms with Crippen molar-refractivity contribution in [2.75, 3.05) is 57.8 Å². The highest BCUT2D eigenvalue weighted by molar-refractivity contribution is 7.80. The number of hydrogen-bond acceptors (Lipinski definition) is 7. The summed E-state index contributed by atoms with van der Waals surface area (Å²) in [6.07, 6.45) is 0. The topological polar surface area (TPSA) is 81.3 Å². The number of amides is 1. The fourth-order valence-electron chi connectivity index (χ4n) is 3.23. The number of hydrogen-bond donors (Lipinski definition) is 2. The van der Waals surface area contributed by atoms with Gasteiger partial charge in [-0.05, 0) is 42.5 Å². The van der Waals surface area contributed by atoms with Crippen LogP contribution in [0.15, 0.2) is 30.3 Å². The van der Waals surface area contributed by atoms with Crippen molar-refractivity contribution in [1.29, 1.82) is 0 Å². The average molecular weight is 466 g/mol. The van der Waals surface area contributed by atoms with Gasteiger partial charge in [-0.25, -0.2) is 0 Å². The normalized spacial score (nSPS) is 13.4. The Hall–Kier alpha value is -2.75. The number of methoxy groups -OCH3 is 3. The molecule has 8 nitrogen and oxygen atoms in total. The molecule has 0 unspecified atom stereocenters. The molecule has 10 heteroatoms. The number of carbonyl (C=O) groups is 1. The molecule has 2 N–H and O–H groups in total. The van der Waals surface area contributed by atoms with Crippen LogP contribution >= 0.6 is 23.8 Å². The van der Waals surface area contributed by atoms with Crippen molar-refractivity contribution in [2.24, 2.45) is 0 Å². The van der Waals surface area contributed by atoms with E-state index in [0.29, 0.717) is 46.7 Å². The molecule has 1 fully saturated rings. The van der Waals surface area contributed by atoms with E-state index in [0.717, 1.165) is 18.8 Å². The second-order valence-corrected chi connectivity index (χ2v) is 7.43. The molecule has 166 valence electrons. The maximum Gasteiger partial charge on any atom is 0.257 e. The van der Waals surface area contributed by atoms with Gasteiger partial charge in [0, 0.05) is 23.7 Å². The number of rotatable bonds is 6. The summed E-state index contributed by atoms with van der Waals surface area (Å²) in [4.78, 5) is 15.0. The molecule has 2 aromatic carbocycles. The Morgan fingerprint density at radius 1 is 1.06 bits per heavy atom. The molecule has 3 rings (SSSR count). The first-order chi connectivity index (χ1) is 15.0. The minimum atomic E-state index is -0.424. The Bertz CT molecular complexity index is 941. The third-order valence-electron chi connectivity index (χ3n) is 4.71. The largest absolute Gasteiger partial charge is 0.493 e. The number of ether oxygens (including phenoxy) is 4. The molecule has 1 heterocycles. The Labute approximate surface area is 191 Å². The van der Waals surface area contributed by atoms with Crippen LogP contribution in [0, 0.1) is 0 Å². The molecule has 0 saturated carbocycles. The second kappa shape index (κ2) is 10.5. The maximum absolute atomic E-state index is 12.8. The minimum absolute atomic E-state index is 0.135. The van der Waals surface area contributed by atoms with Crippen LogP contribution in [0.5, 0.6) is 17.2 Å². The molecule has 1 aliphatic rings. The number of nitrogens with zero attached hydrogens (tertiary/aromatic N) is 1. The molecule has 0 radical (unpaired) electrons. The van der Waals surface area contributed by atoms with Gasteiger partial charge in [0.2, 0.25) is 5.75 Å². The third kappa shape index (κ3) is 5.49. The number of thiocarbonyl (C=S) groups is 1. The first kappa shape index (κ1) is 22.9. The van der Waals surface area contributed by atoms with Crippen molar-refractivity contribution in [3.05, 3.63) is 40.9 Å². The van der Waals surface area contributed by atoms with Crippen molar-refractivity contribution in [1.82, 2.24) is 5.32 Å². The van der Waals surface area contributed by atoms with Gasteiger partial charge in [-0.2, -0.15) is 0 Å². The summed E-state index contributed by atoms with van der Waals surface area (Å²) in [6, 6.07) is 8.61. The molecular formula is C21H24ClN3O5S. The van der Waals surface area contributed by atoms with Crippen LogP contribution in [0.1, 0.15) is 10.4 Å². The van der Waals surface area contributed by atoms with Crippen LogP contribution < -0.4 is 29.7 Å². The Morgan fingerprint density at radius 3 is 2.29 bits per heavy atom. The molecule has 0 spiro atoms. The first-order valence-corrected chi connectivity index (χ1v) is 10.3. The SMILES string of the molecule is COc1cc(C(=O)NC(=S)Nc2cc(Cl)ccc2N2CCOCC2)cc(OC)c1OC. The van der Waals surface area contributed by atoms with E-state index in [-0.39, 0.29) is 5.11 Å². The zero-order chi connectivity index (χ0) is 22.4. The standard InChI is InChI=1S/C21H24ClN3O5S/c1-27-17-10-13(11-18(28-2)19(17)29-3)20(26)24-21(31)23-15-12-14(22)4-5-16(15)25-6-8-30-9-7-25/h4-5,10-12H,6-9H2,1-3H3,(H2,23,24,26,31). The van der Waals surface area contributed by atoms with E-state index < -0.39 is 5.91 Å². The Balaban J connectivity index is 1.77. The van der Waals surface area contributed by atoms with Gasteiger partial charge in [0.1, 0.15) is 0 Å². The van der Waals surface area contributed by atoms with E-state index in [9.17, 15) is 4.79 Å². The fraction of sp³-hybridized carbons (Fsp3) is 0.333. The molecule has 1 amide bonds. The van der Waals surface area contributed by atoms with E-state index in [1.165, 1.54) is 21.3 Å². The summed E-state index contributed by atoms with van der Waals surface area (Å²) in [6.45, 7) is 2.79. The molecular weight excluding hydrogens is 442 g/mol. The second-order valence-electron chi connectivity index (χ2n) is 6.58. The molecule has 31 heavy (non-hydrogen) atoms. The average Bonchev–Trinajstić information content (AvgIpc) is 2.78. The summed E-state index contributed by atoms with van der Waals surface area (Å²) in [5.74, 6) is 0.716. The van der Waals surface area contributed by atoms with E-state index in [2.05, 4.69) is 15.5 Å². The molecule has 0 atom stereocenters. The zero-order valence-electron chi connectivity index (χ0n) is 17.5. The monoisotopic (exact) mass is 465 g/mol. The highest BCUT2D eigenvalue weighted by Gasteiger charge is 2.19. The van der Waals surface area contributed by atoms with Crippen LogP contribution in [0.3, 0.4) is 0 Å². The van der Waals surface area contributed by atoms with Crippen LogP contribution in [0.25, 0.3) is 0 Å². The number of anilines is 2. The summed E-state index contributed by atoms with van der Waals surface area (Å²) in [5.41, 5.74) is 1.93. The summed E-state index contributed by atoms with van der Waals surface area (Å²) < 4.78 is 21.3. The summed E-state index contributed by atoms with van der Waals surface area (Å²) in [7, 11) is 4.46. The molecule has 2 aromatic rings. The van der Waals surface area contributed by atoms with Gasteiger partial charge >= 0.3 is 0 Å². The lowest BCUT2D eigenvalue weighted by Gasteiger charge is -2.30. The van der Waals surface area contributed by atoms with Gasteiger partial charge in [-0.3, -0.25) is 10.1 Å². The van der Waals surface area contributed by atoms with Gasteiger partial charge < -0.3 is 29.2 Å². The molecule has 0 bridgehead atoms. The van der Waals surface area contributed by atoms with E-state index in [1.807, 2.05) is 12.1 Å².